The molecule has 0 fully saturated rings. The van der Waals surface area contributed by atoms with Crippen LogP contribution in [-0.4, -0.2) is 94.8 Å². The van der Waals surface area contributed by atoms with Crippen LogP contribution in [0, 0.1) is 0 Å². The Labute approximate surface area is 321 Å². The van der Waals surface area contributed by atoms with E-state index >= 15 is 0 Å². The Morgan fingerprint density at radius 3 is 1.04 bits per heavy atom. The van der Waals surface area contributed by atoms with Crippen molar-refractivity contribution in [1.29, 1.82) is 0 Å². The molecule has 0 aromatic rings. The summed E-state index contributed by atoms with van der Waals surface area (Å²) in [6.45, 7) is 4.76. The SMILES string of the molecule is CCCCCCCCCCCCCCCCOC(=O)CC(C(=O)OCCCCCCCCCCCCCCCC)S(=O)(=O)O.[KH]. The molecule has 0 heterocycles. The Morgan fingerprint density at radius 1 is 0.489 bits per heavy atom. The van der Waals surface area contributed by atoms with E-state index < -0.39 is 33.7 Å². The summed E-state index contributed by atoms with van der Waals surface area (Å²) in [6.07, 6.45) is 33.3. The molecule has 0 aromatic heterocycles. The number of unbranched alkanes of at least 4 members (excludes halogenated alkanes) is 26. The van der Waals surface area contributed by atoms with Gasteiger partial charge in [0, 0.05) is 0 Å². The van der Waals surface area contributed by atoms with Crippen LogP contribution in [0.3, 0.4) is 0 Å². The first-order chi connectivity index (χ1) is 21.3. The van der Waals surface area contributed by atoms with Gasteiger partial charge in [0.1, 0.15) is 0 Å². The van der Waals surface area contributed by atoms with Crippen LogP contribution >= 0.6 is 0 Å². The van der Waals surface area contributed by atoms with Gasteiger partial charge in [-0.3, -0.25) is 14.1 Å². The zero-order valence-electron chi connectivity index (χ0n) is 28.8. The van der Waals surface area contributed by atoms with Crippen molar-refractivity contribution in [3.05, 3.63) is 0 Å². The number of hydrogen-bond donors (Lipinski definition) is 1. The molecule has 0 aliphatic carbocycles. The topological polar surface area (TPSA) is 107 Å². The second kappa shape index (κ2) is 35.8. The number of carbonyl (C=O) groups is 2. The van der Waals surface area contributed by atoms with E-state index in [0.29, 0.717) is 12.8 Å². The van der Waals surface area contributed by atoms with E-state index in [4.69, 9.17) is 9.47 Å². The summed E-state index contributed by atoms with van der Waals surface area (Å²) in [5, 5.41) is -1.93. The third kappa shape index (κ3) is 34.2. The standard InChI is InChI=1S/C36H70O7S.K.H/c1-3-5-7-9-11-13-15-17-19-21-23-25-27-29-31-42-35(37)33-34(44(39,40)41)36(38)43-32-30-28-26-24-22-20-18-16-14-12-10-8-6-4-2;;/h34H,3-33H2,1-2H3,(H,39,40,41);;. The molecule has 0 amide bonds. The zero-order chi connectivity index (χ0) is 32.6. The molecule has 45 heavy (non-hydrogen) atoms. The second-order valence-corrected chi connectivity index (χ2v) is 14.4. The Balaban J connectivity index is 0. The fourth-order valence-corrected chi connectivity index (χ4v) is 6.22. The van der Waals surface area contributed by atoms with Gasteiger partial charge in [-0.15, -0.1) is 0 Å². The normalized spacial score (nSPS) is 12.1. The molecule has 7 nitrogen and oxygen atoms in total. The van der Waals surface area contributed by atoms with E-state index in [1.54, 1.807) is 0 Å². The maximum absolute atomic E-state index is 12.3. The van der Waals surface area contributed by atoms with Crippen LogP contribution in [0.5, 0.6) is 0 Å². The van der Waals surface area contributed by atoms with E-state index in [-0.39, 0.29) is 64.6 Å². The molecule has 1 atom stereocenters. The summed E-state index contributed by atoms with van der Waals surface area (Å²) in [5.41, 5.74) is 0. The van der Waals surface area contributed by atoms with E-state index in [1.165, 1.54) is 135 Å². The summed E-state index contributed by atoms with van der Waals surface area (Å²) in [7, 11) is -4.77. The van der Waals surface area contributed by atoms with Crippen LogP contribution in [0.2, 0.25) is 0 Å². The van der Waals surface area contributed by atoms with Crippen LogP contribution in [0.25, 0.3) is 0 Å². The first-order valence-electron chi connectivity index (χ1n) is 18.6. The van der Waals surface area contributed by atoms with Crippen LogP contribution in [0.15, 0.2) is 0 Å². The molecule has 9 heteroatoms. The van der Waals surface area contributed by atoms with Crippen molar-refractivity contribution in [1.82, 2.24) is 0 Å². The van der Waals surface area contributed by atoms with Crippen molar-refractivity contribution in [3.63, 3.8) is 0 Å². The van der Waals surface area contributed by atoms with Crippen molar-refractivity contribution < 1.29 is 32.0 Å². The predicted molar refractivity (Wildman–Crippen MR) is 190 cm³/mol. The van der Waals surface area contributed by atoms with Crippen LogP contribution < -0.4 is 0 Å². The predicted octanol–water partition coefficient (Wildman–Crippen LogP) is 10.0. The fraction of sp³-hybridized carbons (Fsp3) is 0.944. The van der Waals surface area contributed by atoms with Crippen molar-refractivity contribution in [3.8, 4) is 0 Å². The maximum atomic E-state index is 12.3. The fourth-order valence-electron chi connectivity index (χ4n) is 5.57. The quantitative estimate of drug-likeness (QED) is 0.0311. The van der Waals surface area contributed by atoms with Crippen molar-refractivity contribution >= 4 is 73.4 Å². The van der Waals surface area contributed by atoms with E-state index in [1.807, 2.05) is 0 Å². The molecule has 0 aliphatic rings. The molecular formula is C36H71KO7S. The molecular weight excluding hydrogens is 616 g/mol. The molecule has 0 radical (unpaired) electrons. The van der Waals surface area contributed by atoms with Gasteiger partial charge in [-0.05, 0) is 12.8 Å². The average molecular weight is 687 g/mol. The minimum absolute atomic E-state index is 0. The molecule has 0 aromatic carbocycles. The Hall–Kier alpha value is 0.486. The number of carbonyl (C=O) groups excluding carboxylic acids is 2. The summed E-state index contributed by atoms with van der Waals surface area (Å²) in [4.78, 5) is 24.4. The van der Waals surface area contributed by atoms with Crippen molar-refractivity contribution in [2.24, 2.45) is 0 Å². The summed E-state index contributed by atoms with van der Waals surface area (Å²) < 4.78 is 43.2. The monoisotopic (exact) mass is 686 g/mol. The first-order valence-corrected chi connectivity index (χ1v) is 20.1. The number of esters is 2. The molecule has 1 unspecified atom stereocenters. The molecule has 0 aliphatic heterocycles. The summed E-state index contributed by atoms with van der Waals surface area (Å²) in [6, 6.07) is 0. The number of hydrogen-bond acceptors (Lipinski definition) is 6. The second-order valence-electron chi connectivity index (χ2n) is 12.8. The van der Waals surface area contributed by atoms with Gasteiger partial charge in [0.2, 0.25) is 0 Å². The van der Waals surface area contributed by atoms with Crippen molar-refractivity contribution in [2.45, 2.75) is 205 Å². The van der Waals surface area contributed by atoms with Gasteiger partial charge in [0.25, 0.3) is 10.1 Å². The molecule has 0 bridgehead atoms. The minimum atomic E-state index is -4.77. The molecule has 0 saturated heterocycles. The molecule has 0 spiro atoms. The van der Waals surface area contributed by atoms with Crippen molar-refractivity contribution in [2.75, 3.05) is 13.2 Å². The van der Waals surface area contributed by atoms with Gasteiger partial charge in [0.15, 0.2) is 5.25 Å². The summed E-state index contributed by atoms with van der Waals surface area (Å²) >= 11 is 0. The third-order valence-electron chi connectivity index (χ3n) is 8.48. The first kappa shape index (κ1) is 47.6. The zero-order valence-corrected chi connectivity index (χ0v) is 29.6. The van der Waals surface area contributed by atoms with Crippen LogP contribution in [0.4, 0.5) is 0 Å². The molecule has 0 rings (SSSR count). The van der Waals surface area contributed by atoms with Crippen LogP contribution in [-0.2, 0) is 29.2 Å². The summed E-state index contributed by atoms with van der Waals surface area (Å²) in [5.74, 6) is -1.90. The van der Waals surface area contributed by atoms with Gasteiger partial charge < -0.3 is 9.47 Å². The Kier molecular flexibility index (Phi) is 37.9. The van der Waals surface area contributed by atoms with Gasteiger partial charge >= 0.3 is 63.3 Å². The number of rotatable bonds is 34. The van der Waals surface area contributed by atoms with E-state index in [9.17, 15) is 22.6 Å². The van der Waals surface area contributed by atoms with E-state index in [2.05, 4.69) is 13.8 Å². The molecule has 0 saturated carbocycles. The van der Waals surface area contributed by atoms with Gasteiger partial charge in [0.05, 0.1) is 19.6 Å². The number of ether oxygens (including phenoxy) is 2. The third-order valence-corrected chi connectivity index (χ3v) is 9.56. The van der Waals surface area contributed by atoms with Gasteiger partial charge in [-0.1, -0.05) is 181 Å². The Bertz CT molecular complexity index is 761. The van der Waals surface area contributed by atoms with Gasteiger partial charge in [-0.25, -0.2) is 0 Å². The average Bonchev–Trinajstić information content (AvgIpc) is 2.99. The molecule has 1 N–H and O–H groups in total. The van der Waals surface area contributed by atoms with Gasteiger partial charge in [-0.2, -0.15) is 8.42 Å². The Morgan fingerprint density at radius 2 is 0.756 bits per heavy atom. The van der Waals surface area contributed by atoms with Crippen LogP contribution in [0.1, 0.15) is 200 Å². The van der Waals surface area contributed by atoms with E-state index in [0.717, 1.165) is 32.1 Å². The molecule has 264 valence electrons.